The van der Waals surface area contributed by atoms with Crippen LogP contribution < -0.4 is 4.74 Å². The number of hydrogen-bond donors (Lipinski definition) is 0. The van der Waals surface area contributed by atoms with Crippen LogP contribution in [0.15, 0.2) is 60.0 Å². The van der Waals surface area contributed by atoms with Crippen LogP contribution in [0.2, 0.25) is 0 Å². The van der Waals surface area contributed by atoms with Crippen molar-refractivity contribution in [1.82, 2.24) is 9.21 Å². The SMILES string of the molecule is CCOc1ccccc1CN1CCN(S(=O)(=O)/C=C/c2ccccc2)CC1. The molecule has 0 N–H and O–H groups in total. The molecule has 6 heteroatoms. The maximum absolute atomic E-state index is 12.6. The lowest BCUT2D eigenvalue weighted by molar-refractivity contribution is 0.180. The number of hydrogen-bond acceptors (Lipinski definition) is 4. The summed E-state index contributed by atoms with van der Waals surface area (Å²) in [6.07, 6.45) is 1.65. The summed E-state index contributed by atoms with van der Waals surface area (Å²) < 4.78 is 32.4. The van der Waals surface area contributed by atoms with Gasteiger partial charge in [-0.25, -0.2) is 8.42 Å². The minimum absolute atomic E-state index is 0.498. The summed E-state index contributed by atoms with van der Waals surface area (Å²) in [4.78, 5) is 2.27. The van der Waals surface area contributed by atoms with Gasteiger partial charge in [-0.2, -0.15) is 4.31 Å². The van der Waals surface area contributed by atoms with Crippen molar-refractivity contribution in [3.63, 3.8) is 0 Å². The zero-order valence-electron chi connectivity index (χ0n) is 15.6. The van der Waals surface area contributed by atoms with Crippen molar-refractivity contribution in [3.05, 3.63) is 71.1 Å². The fourth-order valence-electron chi connectivity index (χ4n) is 3.13. The zero-order valence-corrected chi connectivity index (χ0v) is 16.4. The van der Waals surface area contributed by atoms with Crippen molar-refractivity contribution < 1.29 is 13.2 Å². The van der Waals surface area contributed by atoms with Gasteiger partial charge in [-0.15, -0.1) is 0 Å². The maximum Gasteiger partial charge on any atom is 0.236 e. The Hall–Kier alpha value is -2.15. The number of rotatable bonds is 7. The molecule has 0 aromatic heterocycles. The third-order valence-electron chi connectivity index (χ3n) is 4.59. The molecular weight excluding hydrogens is 360 g/mol. The Morgan fingerprint density at radius 1 is 0.963 bits per heavy atom. The van der Waals surface area contributed by atoms with Gasteiger partial charge >= 0.3 is 0 Å². The van der Waals surface area contributed by atoms with E-state index in [4.69, 9.17) is 4.74 Å². The Morgan fingerprint density at radius 3 is 2.33 bits per heavy atom. The van der Waals surface area contributed by atoms with Crippen LogP contribution in [-0.4, -0.2) is 50.4 Å². The molecule has 0 spiro atoms. The second-order valence-corrected chi connectivity index (χ2v) is 8.29. The lowest BCUT2D eigenvalue weighted by atomic mass is 10.2. The number of benzene rings is 2. The molecule has 0 unspecified atom stereocenters. The van der Waals surface area contributed by atoms with E-state index in [9.17, 15) is 8.42 Å². The van der Waals surface area contributed by atoms with Gasteiger partial charge in [0.25, 0.3) is 0 Å². The average Bonchev–Trinajstić information content (AvgIpc) is 2.69. The van der Waals surface area contributed by atoms with Crippen molar-refractivity contribution >= 4 is 16.1 Å². The van der Waals surface area contributed by atoms with Crippen LogP contribution in [-0.2, 0) is 16.6 Å². The highest BCUT2D eigenvalue weighted by Crippen LogP contribution is 2.21. The van der Waals surface area contributed by atoms with E-state index in [2.05, 4.69) is 11.0 Å². The molecule has 0 atom stereocenters. The third kappa shape index (κ3) is 5.42. The van der Waals surface area contributed by atoms with Gasteiger partial charge in [-0.05, 0) is 24.6 Å². The molecule has 27 heavy (non-hydrogen) atoms. The molecule has 3 rings (SSSR count). The molecule has 1 saturated heterocycles. The van der Waals surface area contributed by atoms with Gasteiger partial charge in [-0.3, -0.25) is 4.90 Å². The Bertz CT molecular complexity index is 858. The highest BCUT2D eigenvalue weighted by molar-refractivity contribution is 7.92. The van der Waals surface area contributed by atoms with Crippen molar-refractivity contribution in [3.8, 4) is 5.75 Å². The summed E-state index contributed by atoms with van der Waals surface area (Å²) in [6, 6.07) is 17.5. The smallest absolute Gasteiger partial charge is 0.236 e. The zero-order chi connectivity index (χ0) is 19.1. The van der Waals surface area contributed by atoms with Crippen LogP contribution >= 0.6 is 0 Å². The predicted molar refractivity (Wildman–Crippen MR) is 109 cm³/mol. The molecule has 1 aliphatic heterocycles. The molecule has 2 aromatic rings. The van der Waals surface area contributed by atoms with Gasteiger partial charge in [0.1, 0.15) is 5.75 Å². The normalized spacial score (nSPS) is 16.6. The highest BCUT2D eigenvalue weighted by Gasteiger charge is 2.25. The molecule has 0 bridgehead atoms. The summed E-state index contributed by atoms with van der Waals surface area (Å²) in [6.45, 7) is 5.79. The monoisotopic (exact) mass is 386 g/mol. The van der Waals surface area contributed by atoms with Gasteiger partial charge in [-0.1, -0.05) is 48.5 Å². The summed E-state index contributed by atoms with van der Waals surface area (Å²) in [7, 11) is -3.39. The molecular formula is C21H26N2O3S. The second kappa shape index (κ2) is 9.17. The highest BCUT2D eigenvalue weighted by atomic mass is 32.2. The Labute approximate surface area is 161 Å². The number of ether oxygens (including phenoxy) is 1. The minimum atomic E-state index is -3.39. The van der Waals surface area contributed by atoms with E-state index in [1.165, 1.54) is 5.41 Å². The van der Waals surface area contributed by atoms with E-state index in [0.29, 0.717) is 32.8 Å². The molecule has 144 valence electrons. The van der Waals surface area contributed by atoms with E-state index in [1.807, 2.05) is 55.5 Å². The fraction of sp³-hybridized carbons (Fsp3) is 0.333. The standard InChI is InChI=1S/C21H26N2O3S/c1-2-26-21-11-7-6-10-20(21)18-22-13-15-23(16-14-22)27(24,25)17-12-19-8-4-3-5-9-19/h3-12,17H,2,13-16,18H2,1H3/b17-12+. The second-order valence-electron chi connectivity index (χ2n) is 6.47. The van der Waals surface area contributed by atoms with E-state index < -0.39 is 10.0 Å². The topological polar surface area (TPSA) is 49.9 Å². The van der Waals surface area contributed by atoms with Crippen molar-refractivity contribution in [2.24, 2.45) is 0 Å². The Morgan fingerprint density at radius 2 is 1.63 bits per heavy atom. The fourth-order valence-corrected chi connectivity index (χ4v) is 4.30. The molecule has 1 aliphatic rings. The molecule has 1 heterocycles. The van der Waals surface area contributed by atoms with Gasteiger partial charge in [0.2, 0.25) is 10.0 Å². The molecule has 2 aromatic carbocycles. The maximum atomic E-state index is 12.6. The quantitative estimate of drug-likeness (QED) is 0.733. The Balaban J connectivity index is 1.58. The predicted octanol–water partition coefficient (Wildman–Crippen LogP) is 3.20. The van der Waals surface area contributed by atoms with Crippen molar-refractivity contribution in [1.29, 1.82) is 0 Å². The van der Waals surface area contributed by atoms with Gasteiger partial charge in [0.05, 0.1) is 6.61 Å². The lowest BCUT2D eigenvalue weighted by Gasteiger charge is -2.33. The van der Waals surface area contributed by atoms with Crippen molar-refractivity contribution in [2.45, 2.75) is 13.5 Å². The Kier molecular flexibility index (Phi) is 6.66. The van der Waals surface area contributed by atoms with Crippen LogP contribution in [0.25, 0.3) is 6.08 Å². The molecule has 0 aliphatic carbocycles. The van der Waals surface area contributed by atoms with E-state index in [1.54, 1.807) is 10.4 Å². The van der Waals surface area contributed by atoms with Crippen LogP contribution in [0.5, 0.6) is 5.75 Å². The average molecular weight is 387 g/mol. The third-order valence-corrected chi connectivity index (χ3v) is 6.15. The largest absolute Gasteiger partial charge is 0.494 e. The van der Waals surface area contributed by atoms with Crippen LogP contribution in [0, 0.1) is 0 Å². The number of nitrogens with zero attached hydrogens (tertiary/aromatic N) is 2. The van der Waals surface area contributed by atoms with E-state index >= 15 is 0 Å². The lowest BCUT2D eigenvalue weighted by Crippen LogP contribution is -2.47. The molecule has 5 nitrogen and oxygen atoms in total. The van der Waals surface area contributed by atoms with E-state index in [0.717, 1.165) is 23.4 Å². The first-order chi connectivity index (χ1) is 13.1. The summed E-state index contributed by atoms with van der Waals surface area (Å²) in [5, 5.41) is 1.31. The summed E-state index contributed by atoms with van der Waals surface area (Å²) >= 11 is 0. The summed E-state index contributed by atoms with van der Waals surface area (Å²) in [5.41, 5.74) is 2.02. The summed E-state index contributed by atoms with van der Waals surface area (Å²) in [5.74, 6) is 0.904. The minimum Gasteiger partial charge on any atom is -0.494 e. The van der Waals surface area contributed by atoms with Gasteiger partial charge in [0.15, 0.2) is 0 Å². The molecule has 1 fully saturated rings. The molecule has 0 saturated carbocycles. The first kappa shape index (κ1) is 19.6. The molecule has 0 amide bonds. The van der Waals surface area contributed by atoms with Gasteiger partial charge in [0, 0.05) is 43.7 Å². The number of sulfonamides is 1. The molecule has 0 radical (unpaired) electrons. The van der Waals surface area contributed by atoms with Crippen molar-refractivity contribution in [2.75, 3.05) is 32.8 Å². The number of piperazine rings is 1. The van der Waals surface area contributed by atoms with Crippen LogP contribution in [0.4, 0.5) is 0 Å². The van der Waals surface area contributed by atoms with Gasteiger partial charge < -0.3 is 4.74 Å². The van der Waals surface area contributed by atoms with Crippen LogP contribution in [0.1, 0.15) is 18.1 Å². The van der Waals surface area contributed by atoms with E-state index in [-0.39, 0.29) is 0 Å². The first-order valence-electron chi connectivity index (χ1n) is 9.25. The van der Waals surface area contributed by atoms with Crippen LogP contribution in [0.3, 0.4) is 0 Å². The first-order valence-corrected chi connectivity index (χ1v) is 10.7. The number of para-hydroxylation sites is 1.